The van der Waals surface area contributed by atoms with E-state index in [4.69, 9.17) is 21.4 Å². The zero-order valence-corrected chi connectivity index (χ0v) is 14.8. The average Bonchev–Trinajstić information content (AvgIpc) is 3.11. The molecule has 2 heterocycles. The number of amides is 2. The number of morpholine rings is 1. The van der Waals surface area contributed by atoms with Gasteiger partial charge in [-0.25, -0.2) is 4.79 Å². The van der Waals surface area contributed by atoms with Crippen LogP contribution in [0.4, 0.5) is 0 Å². The fraction of sp³-hybridized carbons (Fsp3) is 0.438. The predicted octanol–water partition coefficient (Wildman–Crippen LogP) is 1.17. The van der Waals surface area contributed by atoms with Gasteiger partial charge in [-0.3, -0.25) is 9.59 Å². The van der Waals surface area contributed by atoms with Crippen LogP contribution in [-0.2, 0) is 14.3 Å². The zero-order chi connectivity index (χ0) is 18.0. The number of aliphatic carboxylic acids is 1. The van der Waals surface area contributed by atoms with E-state index in [0.29, 0.717) is 28.8 Å². The molecule has 2 aliphatic heterocycles. The van der Waals surface area contributed by atoms with E-state index in [1.54, 1.807) is 24.3 Å². The summed E-state index contributed by atoms with van der Waals surface area (Å²) in [6, 6.07) is 5.93. The smallest absolute Gasteiger partial charge is 0.334 e. The van der Waals surface area contributed by atoms with Gasteiger partial charge in [-0.1, -0.05) is 11.6 Å². The third kappa shape index (κ3) is 3.91. The highest BCUT2D eigenvalue weighted by Gasteiger charge is 2.39. The Morgan fingerprint density at radius 1 is 1.24 bits per heavy atom. The monoisotopic (exact) mass is 384 g/mol. The summed E-state index contributed by atoms with van der Waals surface area (Å²) in [5.74, 6) is -0.644. The van der Waals surface area contributed by atoms with Gasteiger partial charge in [-0.15, -0.1) is 11.8 Å². The SMILES string of the molecule is O=C(O)C1CN(C(=O)C2CSCN2C(=O)c2ccc(Cl)cc2)CCO1. The van der Waals surface area contributed by atoms with Crippen molar-refractivity contribution in [3.63, 3.8) is 0 Å². The number of rotatable bonds is 3. The van der Waals surface area contributed by atoms with Crippen LogP contribution in [0.2, 0.25) is 5.02 Å². The minimum Gasteiger partial charge on any atom is -0.479 e. The van der Waals surface area contributed by atoms with Gasteiger partial charge in [-0.2, -0.15) is 0 Å². The van der Waals surface area contributed by atoms with Crippen LogP contribution in [0, 0.1) is 0 Å². The van der Waals surface area contributed by atoms with E-state index >= 15 is 0 Å². The van der Waals surface area contributed by atoms with Crippen molar-refractivity contribution in [3.05, 3.63) is 34.9 Å². The molecule has 0 aliphatic carbocycles. The van der Waals surface area contributed by atoms with Crippen molar-refractivity contribution in [2.45, 2.75) is 12.1 Å². The summed E-state index contributed by atoms with van der Waals surface area (Å²) in [6.45, 7) is 0.499. The summed E-state index contributed by atoms with van der Waals surface area (Å²) in [5.41, 5.74) is 0.468. The Labute approximate surface area is 153 Å². The van der Waals surface area contributed by atoms with Crippen molar-refractivity contribution in [1.82, 2.24) is 9.80 Å². The lowest BCUT2D eigenvalue weighted by atomic mass is 10.1. The van der Waals surface area contributed by atoms with E-state index in [9.17, 15) is 14.4 Å². The van der Waals surface area contributed by atoms with Crippen molar-refractivity contribution in [2.24, 2.45) is 0 Å². The number of hydrogen-bond acceptors (Lipinski definition) is 5. The molecule has 0 aromatic heterocycles. The number of ether oxygens (including phenoxy) is 1. The number of carboxylic acid groups (broad SMARTS) is 1. The molecule has 2 aliphatic rings. The Kier molecular flexibility index (Phi) is 5.51. The molecule has 7 nitrogen and oxygen atoms in total. The summed E-state index contributed by atoms with van der Waals surface area (Å²) < 4.78 is 5.15. The lowest BCUT2D eigenvalue weighted by molar-refractivity contribution is -0.160. The molecule has 0 bridgehead atoms. The molecule has 25 heavy (non-hydrogen) atoms. The van der Waals surface area contributed by atoms with E-state index in [1.165, 1.54) is 21.6 Å². The van der Waals surface area contributed by atoms with Gasteiger partial charge in [-0.05, 0) is 24.3 Å². The Hall–Kier alpha value is -1.77. The van der Waals surface area contributed by atoms with Crippen LogP contribution in [0.15, 0.2) is 24.3 Å². The van der Waals surface area contributed by atoms with Crippen molar-refractivity contribution in [1.29, 1.82) is 0 Å². The van der Waals surface area contributed by atoms with Crippen molar-refractivity contribution < 1.29 is 24.2 Å². The van der Waals surface area contributed by atoms with Gasteiger partial charge in [0, 0.05) is 22.9 Å². The topological polar surface area (TPSA) is 87.2 Å². The molecular weight excluding hydrogens is 368 g/mol. The van der Waals surface area contributed by atoms with Crippen LogP contribution in [0.5, 0.6) is 0 Å². The van der Waals surface area contributed by atoms with E-state index in [0.717, 1.165) is 0 Å². The standard InChI is InChI=1S/C16H17ClN2O5S/c17-11-3-1-10(2-4-11)14(20)19-9-25-8-12(19)15(21)18-5-6-24-13(7-18)16(22)23/h1-4,12-13H,5-9H2,(H,22,23). The lowest BCUT2D eigenvalue weighted by Gasteiger charge is -2.34. The van der Waals surface area contributed by atoms with Gasteiger partial charge in [0.2, 0.25) is 5.91 Å². The molecule has 0 saturated carbocycles. The first-order chi connectivity index (χ1) is 12.0. The number of carboxylic acids is 1. The number of nitrogens with zero attached hydrogens (tertiary/aromatic N) is 2. The maximum atomic E-state index is 12.8. The van der Waals surface area contributed by atoms with Gasteiger partial charge in [0.25, 0.3) is 5.91 Å². The second-order valence-corrected chi connectivity index (χ2v) is 7.22. The van der Waals surface area contributed by atoms with E-state index in [2.05, 4.69) is 0 Å². The fourth-order valence-corrected chi connectivity index (χ4v) is 4.09. The highest BCUT2D eigenvalue weighted by molar-refractivity contribution is 7.99. The summed E-state index contributed by atoms with van der Waals surface area (Å²) in [6.07, 6.45) is -1.02. The van der Waals surface area contributed by atoms with Crippen LogP contribution in [-0.4, -0.2) is 76.2 Å². The van der Waals surface area contributed by atoms with Crippen molar-refractivity contribution in [2.75, 3.05) is 31.3 Å². The average molecular weight is 385 g/mol. The molecule has 2 unspecified atom stereocenters. The fourth-order valence-electron chi connectivity index (χ4n) is 2.82. The van der Waals surface area contributed by atoms with Crippen LogP contribution >= 0.6 is 23.4 Å². The summed E-state index contributed by atoms with van der Waals surface area (Å²) in [7, 11) is 0. The van der Waals surface area contributed by atoms with Crippen LogP contribution in [0.25, 0.3) is 0 Å². The first kappa shape index (κ1) is 18.0. The zero-order valence-electron chi connectivity index (χ0n) is 13.3. The number of thioether (sulfide) groups is 1. The quantitative estimate of drug-likeness (QED) is 0.841. The highest BCUT2D eigenvalue weighted by atomic mass is 35.5. The molecule has 1 aromatic rings. The second-order valence-electron chi connectivity index (χ2n) is 5.78. The van der Waals surface area contributed by atoms with Gasteiger partial charge in [0.15, 0.2) is 6.10 Å². The first-order valence-corrected chi connectivity index (χ1v) is 9.28. The molecule has 0 spiro atoms. The molecule has 2 fully saturated rings. The number of halogens is 1. The first-order valence-electron chi connectivity index (χ1n) is 7.75. The van der Waals surface area contributed by atoms with Gasteiger partial charge in [0.05, 0.1) is 19.0 Å². The van der Waals surface area contributed by atoms with Gasteiger partial charge in [0.1, 0.15) is 6.04 Å². The maximum Gasteiger partial charge on any atom is 0.334 e. The third-order valence-corrected chi connectivity index (χ3v) is 5.44. The second kappa shape index (κ2) is 7.63. The molecule has 2 saturated heterocycles. The highest BCUT2D eigenvalue weighted by Crippen LogP contribution is 2.25. The third-order valence-electron chi connectivity index (χ3n) is 4.17. The molecular formula is C16H17ClN2O5S. The molecule has 0 radical (unpaired) electrons. The normalized spacial score (nSPS) is 23.6. The number of carbonyl (C=O) groups excluding carboxylic acids is 2. The largest absolute Gasteiger partial charge is 0.479 e. The Balaban J connectivity index is 1.72. The Bertz CT molecular complexity index is 684. The van der Waals surface area contributed by atoms with Crippen molar-refractivity contribution in [3.8, 4) is 0 Å². The summed E-state index contributed by atoms with van der Waals surface area (Å²) in [4.78, 5) is 39.6. The summed E-state index contributed by atoms with van der Waals surface area (Å²) in [5, 5.41) is 9.61. The van der Waals surface area contributed by atoms with Gasteiger partial charge < -0.3 is 19.6 Å². The molecule has 9 heteroatoms. The molecule has 3 rings (SSSR count). The van der Waals surface area contributed by atoms with E-state index < -0.39 is 18.1 Å². The lowest BCUT2D eigenvalue weighted by Crippen LogP contribution is -2.55. The number of carbonyl (C=O) groups is 3. The van der Waals surface area contributed by atoms with Crippen LogP contribution in [0.3, 0.4) is 0 Å². The van der Waals surface area contributed by atoms with E-state index in [-0.39, 0.29) is 25.0 Å². The molecule has 2 amide bonds. The molecule has 134 valence electrons. The molecule has 2 atom stereocenters. The minimum atomic E-state index is -1.09. The maximum absolute atomic E-state index is 12.8. The predicted molar refractivity (Wildman–Crippen MR) is 92.7 cm³/mol. The summed E-state index contributed by atoms with van der Waals surface area (Å²) >= 11 is 7.35. The molecule has 1 N–H and O–H groups in total. The van der Waals surface area contributed by atoms with Crippen molar-refractivity contribution >= 4 is 41.1 Å². The number of benzene rings is 1. The van der Waals surface area contributed by atoms with Gasteiger partial charge >= 0.3 is 5.97 Å². The van der Waals surface area contributed by atoms with Crippen LogP contribution < -0.4 is 0 Å². The molecule has 1 aromatic carbocycles. The Morgan fingerprint density at radius 2 is 1.96 bits per heavy atom. The van der Waals surface area contributed by atoms with E-state index in [1.807, 2.05) is 0 Å². The minimum absolute atomic E-state index is 0.00168. The number of hydrogen-bond donors (Lipinski definition) is 1. The van der Waals surface area contributed by atoms with Crippen LogP contribution in [0.1, 0.15) is 10.4 Å². The Morgan fingerprint density at radius 3 is 2.64 bits per heavy atom.